The second-order valence-electron chi connectivity index (χ2n) is 27.9. The molecule has 0 saturated heterocycles. The number of aryl methyl sites for hydroxylation is 3. The van der Waals surface area contributed by atoms with Crippen LogP contribution < -0.4 is 25.9 Å². The molecule has 10 N–H and O–H groups in total. The zero-order valence-corrected chi connectivity index (χ0v) is 63.5. The van der Waals surface area contributed by atoms with Gasteiger partial charge in [-0.3, -0.25) is 28.2 Å². The number of nitrogen functional groups attached to an aromatic ring is 1. The van der Waals surface area contributed by atoms with E-state index in [9.17, 15) is 67.7 Å². The zero-order chi connectivity index (χ0) is 81.3. The number of aliphatic hydroxyl groups is 6. The van der Waals surface area contributed by atoms with Gasteiger partial charge in [-0.05, 0) is 81.2 Å². The summed E-state index contributed by atoms with van der Waals surface area (Å²) < 4.78 is 115. The average Bonchev–Trinajstić information content (AvgIpc) is 1.62. The van der Waals surface area contributed by atoms with Crippen LogP contribution in [-0.4, -0.2) is 208 Å². The first-order valence-electron chi connectivity index (χ1n) is 35.3. The quantitative estimate of drug-likeness (QED) is 0.0185. The molecule has 4 fully saturated rings. The largest absolute Gasteiger partial charge is 0.424 e. The molecular formula is C73H85F4N17O16P2. The van der Waals surface area contributed by atoms with Crippen LogP contribution in [0.1, 0.15) is 69.2 Å². The van der Waals surface area contributed by atoms with Gasteiger partial charge < -0.3 is 73.7 Å². The zero-order valence-electron chi connectivity index (χ0n) is 61.7. The number of H-pyrrole nitrogens is 2. The highest BCUT2D eigenvalue weighted by molar-refractivity contribution is 7.54. The van der Waals surface area contributed by atoms with Crippen molar-refractivity contribution in [3.8, 4) is 11.5 Å². The Balaban J connectivity index is 0.000000152. The first kappa shape index (κ1) is 82.8. The molecular weight excluding hydrogens is 1510 g/mol. The van der Waals surface area contributed by atoms with E-state index in [4.69, 9.17) is 23.8 Å². The molecule has 8 aromatic heterocycles. The van der Waals surface area contributed by atoms with E-state index in [1.807, 2.05) is 0 Å². The van der Waals surface area contributed by atoms with E-state index in [2.05, 4.69) is 86.1 Å². The summed E-state index contributed by atoms with van der Waals surface area (Å²) in [4.78, 5) is 93.7. The molecule has 14 rings (SSSR count). The minimum Gasteiger partial charge on any atom is -0.424 e. The van der Waals surface area contributed by atoms with Crippen LogP contribution in [0.3, 0.4) is 0 Å². The number of hydrogen-bond acceptors (Lipinski definition) is 27. The van der Waals surface area contributed by atoms with Crippen molar-refractivity contribution < 1.29 is 85.0 Å². The van der Waals surface area contributed by atoms with Crippen molar-refractivity contribution in [3.05, 3.63) is 185 Å². The molecule has 8 heterocycles. The topological polar surface area (TPSA) is 467 Å². The van der Waals surface area contributed by atoms with Crippen molar-refractivity contribution in [1.29, 1.82) is 0 Å². The molecule has 596 valence electrons. The van der Waals surface area contributed by atoms with Gasteiger partial charge in [-0.15, -0.1) is 0 Å². The van der Waals surface area contributed by atoms with Gasteiger partial charge in [0.25, 0.3) is 11.1 Å². The standard InChI is InChI=1S/C24H28FN4O6P.C23H27FN5O5P.C13H15FN4O3.C13H15FN4O2/c1-13(15(3)30)11-36(33,35-17-8-6-5-7-9-17)34-10-18-14(2)21(19(25)22(18)31)29-12-26-20-23(29)27-16(4)28-24(20)32;1-13(15(3)30)10-35(32,34-16-7-5-4-6-8-16)33-9-17-14(2)20(18(24)21(17)31)29-12-28-19-22(25)26-11-27-23(19)29;1-5-7(3-19)11(20)8(14)10(5)18-4-15-9-12(18)16-6(2)17-13(9)21;1-6-8(3-19)12(20)9(14)11(6)18-5-17-10-7(2)15-4-16-13(10)18/h5-9,12-13,18-19,21-22,31H,2,10-11H2,1,3-4H3,(H,27,28,32);4-8,11-13,17-18,20-21,31H,2,9-10H2,1,3H3,(H2,25,26,27);4,7-8,10-11,19-20H,1,3H2,2H3,(H,16,17,21);4-5,8-9,11-12,19-20H,1,3H2,2H3/t13-,18?,19?,21?,22?,36?;13-,17?,18?,20?,21?,35?;;/m00../s1. The lowest BCUT2D eigenvalue weighted by atomic mass is 10.0. The van der Waals surface area contributed by atoms with Crippen LogP contribution >= 0.6 is 15.2 Å². The Bertz CT molecular complexity index is 5400. The van der Waals surface area contributed by atoms with Crippen LogP contribution in [0, 0.1) is 56.3 Å². The Morgan fingerprint density at radius 1 is 0.500 bits per heavy atom. The number of alkyl halides is 4. The smallest absolute Gasteiger partial charge is 0.379 e. The summed E-state index contributed by atoms with van der Waals surface area (Å²) in [7, 11) is -7.73. The number of imidazole rings is 4. The third kappa shape index (κ3) is 16.7. The van der Waals surface area contributed by atoms with Crippen LogP contribution in [-0.2, 0) is 27.8 Å². The van der Waals surface area contributed by atoms with E-state index in [1.54, 1.807) is 99.8 Å². The highest BCUT2D eigenvalue weighted by Gasteiger charge is 2.52. The fourth-order valence-corrected chi connectivity index (χ4v) is 17.9. The molecule has 4 saturated carbocycles. The fourth-order valence-electron chi connectivity index (χ4n) is 14.0. The van der Waals surface area contributed by atoms with Gasteiger partial charge in [-0.25, -0.2) is 76.5 Å². The number of carbonyl (C=O) groups is 2. The lowest BCUT2D eigenvalue weighted by molar-refractivity contribution is -0.120. The molecule has 0 bridgehead atoms. The normalized spacial score (nSPS) is 26.6. The Hall–Kier alpha value is -10.2. The molecule has 20 atom stereocenters. The van der Waals surface area contributed by atoms with Crippen LogP contribution in [0.4, 0.5) is 23.4 Å². The molecule has 2 aromatic carbocycles. The fraction of sp³-hybridized carbons (Fsp3) is 0.425. The number of para-hydroxylation sites is 2. The second-order valence-corrected chi connectivity index (χ2v) is 32.0. The summed E-state index contributed by atoms with van der Waals surface area (Å²) in [6.07, 6.45) is -4.68. The summed E-state index contributed by atoms with van der Waals surface area (Å²) in [5.41, 5.74) is 9.26. The molecule has 18 unspecified atom stereocenters. The predicted octanol–water partition coefficient (Wildman–Crippen LogP) is 7.12. The number of Topliss-reactive ketones (excluding diaryl/α,β-unsaturated/α-hetero) is 2. The minimum absolute atomic E-state index is 0.0359. The molecule has 0 amide bonds. The first-order chi connectivity index (χ1) is 53.1. The highest BCUT2D eigenvalue weighted by atomic mass is 31.2. The lowest BCUT2D eigenvalue weighted by Gasteiger charge is -2.24. The van der Waals surface area contributed by atoms with Crippen LogP contribution in [0.5, 0.6) is 11.5 Å². The van der Waals surface area contributed by atoms with Gasteiger partial charge in [0.05, 0.1) is 118 Å². The average molecular weight is 1590 g/mol. The SMILES string of the molecule is C=C1C(CO)C(O)C(F)C1n1cnc2c(=O)[nH]c(C)nc21.C=C1C(CO)C(O)C(F)C1n1cnc2c(C)ncnc21.C=C1C(COP(=O)(C[C@H](C)C(C)=O)Oc2ccccc2)C(O)C(F)C1n1cnc2c(=O)[nH]c(C)nc21.C=C1C(COP(=O)(C[C@H](C)C(C)=O)Oc2ccccc2)C(O)C(F)C1n1cnc2c(N)ncnc21. The van der Waals surface area contributed by atoms with Gasteiger partial charge in [-0.1, -0.05) is 76.6 Å². The van der Waals surface area contributed by atoms with Crippen molar-refractivity contribution in [3.63, 3.8) is 0 Å². The highest BCUT2D eigenvalue weighted by Crippen LogP contribution is 2.55. The monoisotopic (exact) mass is 1590 g/mol. The number of anilines is 1. The first-order valence-corrected chi connectivity index (χ1v) is 38.7. The molecule has 33 nitrogen and oxygen atoms in total. The number of nitrogens with zero attached hydrogens (tertiary/aromatic N) is 14. The van der Waals surface area contributed by atoms with E-state index in [0.29, 0.717) is 67.9 Å². The summed E-state index contributed by atoms with van der Waals surface area (Å²) in [6.45, 7) is 25.2. The maximum absolute atomic E-state index is 15.4. The van der Waals surface area contributed by atoms with E-state index in [-0.39, 0.29) is 77.4 Å². The van der Waals surface area contributed by atoms with E-state index >= 15 is 8.78 Å². The van der Waals surface area contributed by atoms with Gasteiger partial charge in [-0.2, -0.15) is 0 Å². The number of carbonyl (C=O) groups excluding carboxylic acids is 2. The molecule has 4 aliphatic rings. The Morgan fingerprint density at radius 2 is 0.821 bits per heavy atom. The number of ketones is 2. The molecule has 0 radical (unpaired) electrons. The summed E-state index contributed by atoms with van der Waals surface area (Å²) in [5.74, 6) is -3.36. The summed E-state index contributed by atoms with van der Waals surface area (Å²) >= 11 is 0. The number of halogens is 4. The number of hydrogen-bond donors (Lipinski definition) is 9. The van der Waals surface area contributed by atoms with Gasteiger partial charge in [0.1, 0.15) is 58.4 Å². The number of nitrogens with one attached hydrogen (secondary N) is 2. The van der Waals surface area contributed by atoms with Crippen molar-refractivity contribution in [2.75, 3.05) is 44.5 Å². The third-order valence-electron chi connectivity index (χ3n) is 20.5. The predicted molar refractivity (Wildman–Crippen MR) is 401 cm³/mol. The van der Waals surface area contributed by atoms with Crippen molar-refractivity contribution in [1.82, 2.24) is 78.1 Å². The van der Waals surface area contributed by atoms with Crippen molar-refractivity contribution >= 4 is 77.2 Å². The molecule has 112 heavy (non-hydrogen) atoms. The number of aromatic nitrogens is 16. The number of aromatic amines is 2. The Kier molecular flexibility index (Phi) is 25.1. The van der Waals surface area contributed by atoms with Crippen LogP contribution in [0.25, 0.3) is 44.7 Å². The number of rotatable bonds is 22. The summed E-state index contributed by atoms with van der Waals surface area (Å²) in [6, 6.07) is 13.0. The minimum atomic E-state index is -3.88. The number of fused-ring (bicyclic) bond motifs is 4. The Labute approximate surface area is 636 Å². The lowest BCUT2D eigenvalue weighted by Crippen LogP contribution is -2.28. The third-order valence-corrected chi connectivity index (χ3v) is 24.5. The molecule has 10 aromatic rings. The maximum Gasteiger partial charge on any atom is 0.379 e. The molecule has 0 spiro atoms. The second kappa shape index (κ2) is 34.0. The van der Waals surface area contributed by atoms with E-state index in [0.717, 1.165) is 0 Å². The van der Waals surface area contributed by atoms with Crippen LogP contribution in [0.15, 0.2) is 157 Å². The molecule has 0 aliphatic heterocycles. The van der Waals surface area contributed by atoms with Gasteiger partial charge in [0, 0.05) is 35.5 Å². The van der Waals surface area contributed by atoms with E-state index < -0.39 is 142 Å². The van der Waals surface area contributed by atoms with Crippen LogP contribution in [0.2, 0.25) is 0 Å². The molecule has 4 aliphatic carbocycles. The summed E-state index contributed by atoms with van der Waals surface area (Å²) in [5, 5.41) is 59.6. The number of nitrogens with two attached hydrogens (primary N) is 1. The number of aliphatic hydroxyl groups excluding tert-OH is 6. The Morgan fingerprint density at radius 3 is 1.18 bits per heavy atom. The van der Waals surface area contributed by atoms with Crippen molar-refractivity contribution in [2.24, 2.45) is 35.5 Å². The van der Waals surface area contributed by atoms with Crippen molar-refractivity contribution in [2.45, 2.75) is 122 Å². The van der Waals surface area contributed by atoms with Gasteiger partial charge in [0.2, 0.25) is 0 Å². The molecule has 39 heteroatoms. The number of benzene rings is 2. The maximum atomic E-state index is 15.4. The van der Waals surface area contributed by atoms with Gasteiger partial charge in [0.15, 0.2) is 64.1 Å². The van der Waals surface area contributed by atoms with Gasteiger partial charge >= 0.3 is 15.2 Å². The van der Waals surface area contributed by atoms with E-state index in [1.165, 1.54) is 65.5 Å².